The fraction of sp³-hybridized carbons (Fsp3) is 0.611. The number of imidazole rings is 1. The lowest BCUT2D eigenvalue weighted by atomic mass is 10.1. The van der Waals surface area contributed by atoms with Crippen LogP contribution in [0.4, 0.5) is 0 Å². The molecule has 28 heavy (non-hydrogen) atoms. The summed E-state index contributed by atoms with van der Waals surface area (Å²) in [4.78, 5) is 31.0. The number of hydrogen-bond donors (Lipinski definition) is 2. The van der Waals surface area contributed by atoms with E-state index in [2.05, 4.69) is 30.7 Å². The number of rotatable bonds is 5. The van der Waals surface area contributed by atoms with Gasteiger partial charge in [0.05, 0.1) is 12.4 Å². The molecule has 10 nitrogen and oxygen atoms in total. The first kappa shape index (κ1) is 17.4. The van der Waals surface area contributed by atoms with Crippen molar-refractivity contribution in [3.63, 3.8) is 0 Å². The van der Waals surface area contributed by atoms with Gasteiger partial charge in [-0.3, -0.25) is 14.5 Å². The van der Waals surface area contributed by atoms with Gasteiger partial charge < -0.3 is 19.6 Å². The Morgan fingerprint density at radius 3 is 3.00 bits per heavy atom. The number of amides is 2. The average molecular weight is 385 g/mol. The Morgan fingerprint density at radius 1 is 1.39 bits per heavy atom. The van der Waals surface area contributed by atoms with Crippen LogP contribution in [0.2, 0.25) is 0 Å². The van der Waals surface area contributed by atoms with Crippen LogP contribution in [0.5, 0.6) is 0 Å². The van der Waals surface area contributed by atoms with E-state index in [9.17, 15) is 9.59 Å². The highest BCUT2D eigenvalue weighted by atomic mass is 16.4. The molecule has 1 saturated carbocycles. The summed E-state index contributed by atoms with van der Waals surface area (Å²) in [5.41, 5.74) is 0.381. The second kappa shape index (κ2) is 6.69. The molecule has 5 rings (SSSR count). The Balaban J connectivity index is 1.25. The number of nitrogens with zero attached hydrogens (tertiary/aromatic N) is 5. The van der Waals surface area contributed by atoms with Crippen LogP contribution in [0.3, 0.4) is 0 Å². The summed E-state index contributed by atoms with van der Waals surface area (Å²) in [6, 6.07) is -0.277. The van der Waals surface area contributed by atoms with Crippen molar-refractivity contribution in [2.24, 2.45) is 7.05 Å². The van der Waals surface area contributed by atoms with Gasteiger partial charge in [0.1, 0.15) is 5.69 Å². The summed E-state index contributed by atoms with van der Waals surface area (Å²) in [6.45, 7) is 1.16. The molecule has 2 aromatic rings. The molecule has 2 N–H and O–H groups in total. The monoisotopic (exact) mass is 385 g/mol. The van der Waals surface area contributed by atoms with Gasteiger partial charge in [-0.05, 0) is 19.3 Å². The number of carbonyl (C=O) groups is 2. The number of carbonyl (C=O) groups excluding carboxylic acids is 2. The number of piperazine rings is 1. The molecule has 0 radical (unpaired) electrons. The van der Waals surface area contributed by atoms with Crippen molar-refractivity contribution in [2.75, 3.05) is 13.1 Å². The molecule has 10 heteroatoms. The molecule has 3 aliphatic rings. The standard InChI is InChI=1S/C18H23N7O3/c1-24-8-13(20-9-24)16(26)21-11-4-14-17(27)19-6-12(25(14)7-11)5-15-22-23-18(28-15)10-2-3-10/h8-12,14H,2-7H2,1H3,(H,19,27)(H,21,26)/t11-,12+,14-/m0/s1. The lowest BCUT2D eigenvalue weighted by molar-refractivity contribution is -0.129. The topological polar surface area (TPSA) is 118 Å². The molecule has 2 saturated heterocycles. The molecule has 2 amide bonds. The third-order valence-corrected chi connectivity index (χ3v) is 5.71. The first-order chi connectivity index (χ1) is 13.6. The highest BCUT2D eigenvalue weighted by Crippen LogP contribution is 2.39. The molecule has 1 aliphatic carbocycles. The zero-order valence-electron chi connectivity index (χ0n) is 15.7. The molecular formula is C18H23N7O3. The van der Waals surface area contributed by atoms with Gasteiger partial charge in [-0.2, -0.15) is 0 Å². The van der Waals surface area contributed by atoms with Gasteiger partial charge >= 0.3 is 0 Å². The van der Waals surface area contributed by atoms with Gasteiger partial charge in [-0.25, -0.2) is 4.98 Å². The van der Waals surface area contributed by atoms with Crippen molar-refractivity contribution in [3.8, 4) is 0 Å². The van der Waals surface area contributed by atoms with Crippen molar-refractivity contribution in [3.05, 3.63) is 30.0 Å². The van der Waals surface area contributed by atoms with E-state index in [0.717, 1.165) is 18.7 Å². The number of fused-ring (bicyclic) bond motifs is 1. The second-order valence-electron chi connectivity index (χ2n) is 7.95. The minimum atomic E-state index is -0.251. The molecule has 3 atom stereocenters. The summed E-state index contributed by atoms with van der Waals surface area (Å²) in [6.07, 6.45) is 6.69. The maximum absolute atomic E-state index is 12.4. The van der Waals surface area contributed by atoms with Crippen LogP contribution in [0.1, 0.15) is 47.5 Å². The fourth-order valence-corrected chi connectivity index (χ4v) is 4.11. The van der Waals surface area contributed by atoms with Gasteiger partial charge in [0.15, 0.2) is 0 Å². The minimum absolute atomic E-state index is 0.00929. The molecule has 2 aliphatic heterocycles. The quantitative estimate of drug-likeness (QED) is 0.719. The molecule has 2 aromatic heterocycles. The Bertz CT molecular complexity index is 903. The van der Waals surface area contributed by atoms with Crippen LogP contribution in [0.25, 0.3) is 0 Å². The third kappa shape index (κ3) is 3.28. The van der Waals surface area contributed by atoms with E-state index in [1.165, 1.54) is 0 Å². The van der Waals surface area contributed by atoms with Crippen molar-refractivity contribution in [1.82, 2.24) is 35.3 Å². The molecule has 3 fully saturated rings. The number of hydrogen-bond acceptors (Lipinski definition) is 7. The summed E-state index contributed by atoms with van der Waals surface area (Å²) in [5.74, 6) is 1.57. The van der Waals surface area contributed by atoms with E-state index in [4.69, 9.17) is 4.42 Å². The molecule has 0 spiro atoms. The molecule has 0 bridgehead atoms. The zero-order valence-corrected chi connectivity index (χ0v) is 15.7. The van der Waals surface area contributed by atoms with Gasteiger partial charge in [0, 0.05) is 50.8 Å². The maximum atomic E-state index is 12.4. The normalized spacial score (nSPS) is 27.5. The largest absolute Gasteiger partial charge is 0.425 e. The summed E-state index contributed by atoms with van der Waals surface area (Å²) >= 11 is 0. The smallest absolute Gasteiger partial charge is 0.271 e. The Labute approximate surface area is 161 Å². The van der Waals surface area contributed by atoms with E-state index in [-0.39, 0.29) is 29.9 Å². The van der Waals surface area contributed by atoms with Crippen molar-refractivity contribution in [1.29, 1.82) is 0 Å². The summed E-state index contributed by atoms with van der Waals surface area (Å²) in [7, 11) is 1.82. The van der Waals surface area contributed by atoms with E-state index in [1.807, 2.05) is 7.05 Å². The SMILES string of the molecule is Cn1cnc(C(=O)N[C@H]2C[C@H]3C(=O)NC[C@@H](Cc4nnc(C5CC5)o4)N3C2)c1. The molecule has 0 unspecified atom stereocenters. The highest BCUT2D eigenvalue weighted by Gasteiger charge is 2.44. The predicted octanol–water partition coefficient (Wildman–Crippen LogP) is -0.406. The molecule has 4 heterocycles. The Hall–Kier alpha value is -2.75. The number of aromatic nitrogens is 4. The van der Waals surface area contributed by atoms with E-state index >= 15 is 0 Å². The average Bonchev–Trinajstić information content (AvgIpc) is 3.05. The van der Waals surface area contributed by atoms with Crippen molar-refractivity contribution in [2.45, 2.75) is 49.7 Å². The van der Waals surface area contributed by atoms with Crippen LogP contribution in [-0.4, -0.2) is 67.7 Å². The van der Waals surface area contributed by atoms with Gasteiger partial charge in [0.2, 0.25) is 17.7 Å². The lowest BCUT2D eigenvalue weighted by Gasteiger charge is -2.36. The van der Waals surface area contributed by atoms with Gasteiger partial charge in [0.25, 0.3) is 5.91 Å². The van der Waals surface area contributed by atoms with Crippen LogP contribution in [0, 0.1) is 0 Å². The molecular weight excluding hydrogens is 362 g/mol. The molecule has 148 valence electrons. The van der Waals surface area contributed by atoms with Crippen molar-refractivity contribution >= 4 is 11.8 Å². The first-order valence-electron chi connectivity index (χ1n) is 9.71. The number of aryl methyl sites for hydroxylation is 1. The fourth-order valence-electron chi connectivity index (χ4n) is 4.11. The maximum Gasteiger partial charge on any atom is 0.271 e. The second-order valence-corrected chi connectivity index (χ2v) is 7.95. The van der Waals surface area contributed by atoms with E-state index in [0.29, 0.717) is 43.4 Å². The predicted molar refractivity (Wildman–Crippen MR) is 96.3 cm³/mol. The third-order valence-electron chi connectivity index (χ3n) is 5.71. The van der Waals surface area contributed by atoms with Crippen molar-refractivity contribution < 1.29 is 14.0 Å². The Kier molecular flexibility index (Phi) is 4.15. The zero-order chi connectivity index (χ0) is 19.3. The van der Waals surface area contributed by atoms with Crippen LogP contribution in [-0.2, 0) is 18.3 Å². The molecule has 0 aromatic carbocycles. The minimum Gasteiger partial charge on any atom is -0.425 e. The van der Waals surface area contributed by atoms with Crippen LogP contribution >= 0.6 is 0 Å². The summed E-state index contributed by atoms with van der Waals surface area (Å²) < 4.78 is 7.53. The lowest BCUT2D eigenvalue weighted by Crippen LogP contribution is -2.58. The van der Waals surface area contributed by atoms with Gasteiger partial charge in [-0.1, -0.05) is 0 Å². The first-order valence-corrected chi connectivity index (χ1v) is 9.71. The van der Waals surface area contributed by atoms with E-state index < -0.39 is 0 Å². The van der Waals surface area contributed by atoms with E-state index in [1.54, 1.807) is 17.1 Å². The van der Waals surface area contributed by atoms with Gasteiger partial charge in [-0.15, -0.1) is 10.2 Å². The highest BCUT2D eigenvalue weighted by molar-refractivity contribution is 5.92. The van der Waals surface area contributed by atoms with Crippen LogP contribution < -0.4 is 10.6 Å². The Morgan fingerprint density at radius 2 is 2.25 bits per heavy atom. The van der Waals surface area contributed by atoms with Crippen LogP contribution in [0.15, 0.2) is 16.9 Å². The summed E-state index contributed by atoms with van der Waals surface area (Å²) in [5, 5.41) is 14.3. The number of nitrogens with one attached hydrogen (secondary N) is 2.